The molecule has 4 rings (SSSR count). The van der Waals surface area contributed by atoms with Crippen molar-refractivity contribution < 1.29 is 28.6 Å². The third kappa shape index (κ3) is 6.10. The summed E-state index contributed by atoms with van der Waals surface area (Å²) >= 11 is 6.49. The molecule has 1 fully saturated rings. The van der Waals surface area contributed by atoms with Crippen LogP contribution in [0.4, 0.5) is 10.5 Å². The van der Waals surface area contributed by atoms with Crippen LogP contribution in [0.15, 0.2) is 72.3 Å². The molecule has 1 aliphatic heterocycles. The minimum absolute atomic E-state index is 0.212. The summed E-state index contributed by atoms with van der Waals surface area (Å²) in [7, 11) is 0. The number of benzene rings is 3. The van der Waals surface area contributed by atoms with Gasteiger partial charge in [0.25, 0.3) is 11.8 Å². The normalized spacial score (nSPS) is 14.5. The van der Waals surface area contributed by atoms with Crippen molar-refractivity contribution in [1.82, 2.24) is 5.32 Å². The Hall–Kier alpha value is -4.30. The third-order valence-corrected chi connectivity index (χ3v) is 5.66. The first-order valence-corrected chi connectivity index (χ1v) is 12.0. The Bertz CT molecular complexity index is 1340. The van der Waals surface area contributed by atoms with Crippen LogP contribution < -0.4 is 24.4 Å². The number of nitrogens with zero attached hydrogens (tertiary/aromatic N) is 1. The number of barbiturate groups is 1. The molecule has 3 aromatic carbocycles. The highest BCUT2D eigenvalue weighted by Gasteiger charge is 2.36. The van der Waals surface area contributed by atoms with Crippen LogP contribution in [-0.2, 0) is 9.59 Å². The molecule has 3 aromatic rings. The van der Waals surface area contributed by atoms with Gasteiger partial charge in [0.05, 0.1) is 17.3 Å². The maximum atomic E-state index is 13.2. The Labute approximate surface area is 219 Å². The average Bonchev–Trinajstić information content (AvgIpc) is 2.87. The second-order valence-corrected chi connectivity index (χ2v) is 8.47. The van der Waals surface area contributed by atoms with Crippen molar-refractivity contribution in [2.45, 2.75) is 13.8 Å². The number of amides is 4. The first-order valence-electron chi connectivity index (χ1n) is 11.6. The van der Waals surface area contributed by atoms with Crippen LogP contribution in [-0.4, -0.2) is 37.7 Å². The second-order valence-electron chi connectivity index (χ2n) is 8.07. The summed E-state index contributed by atoms with van der Waals surface area (Å²) in [4.78, 5) is 39.1. The molecule has 9 heteroatoms. The molecule has 1 aliphatic rings. The summed E-state index contributed by atoms with van der Waals surface area (Å²) in [5.74, 6) is -0.163. The number of carbonyl (C=O) groups excluding carboxylic acids is 3. The van der Waals surface area contributed by atoms with Gasteiger partial charge >= 0.3 is 6.03 Å². The van der Waals surface area contributed by atoms with E-state index >= 15 is 0 Å². The van der Waals surface area contributed by atoms with Gasteiger partial charge in [0.1, 0.15) is 24.5 Å². The number of para-hydroxylation sites is 1. The number of rotatable bonds is 9. The van der Waals surface area contributed by atoms with Gasteiger partial charge in [0.15, 0.2) is 11.5 Å². The molecule has 1 N–H and O–H groups in total. The number of urea groups is 1. The van der Waals surface area contributed by atoms with Crippen LogP contribution in [0.2, 0.25) is 5.02 Å². The quantitative estimate of drug-likeness (QED) is 0.237. The summed E-state index contributed by atoms with van der Waals surface area (Å²) in [5.41, 5.74) is 1.52. The van der Waals surface area contributed by atoms with Gasteiger partial charge in [0, 0.05) is 0 Å². The molecule has 0 saturated carbocycles. The van der Waals surface area contributed by atoms with E-state index in [1.54, 1.807) is 36.4 Å². The highest BCUT2D eigenvalue weighted by molar-refractivity contribution is 6.39. The molecule has 0 atom stereocenters. The highest BCUT2D eigenvalue weighted by atomic mass is 35.5. The van der Waals surface area contributed by atoms with E-state index < -0.39 is 17.8 Å². The molecule has 1 saturated heterocycles. The fourth-order valence-electron chi connectivity index (χ4n) is 3.65. The van der Waals surface area contributed by atoms with Crippen molar-refractivity contribution in [2.24, 2.45) is 0 Å². The molecular formula is C28H25ClN2O6. The van der Waals surface area contributed by atoms with E-state index in [0.717, 1.165) is 16.2 Å². The van der Waals surface area contributed by atoms with E-state index in [1.807, 2.05) is 44.2 Å². The van der Waals surface area contributed by atoms with Crippen molar-refractivity contribution in [3.63, 3.8) is 0 Å². The predicted molar refractivity (Wildman–Crippen MR) is 140 cm³/mol. The molecule has 0 radical (unpaired) electrons. The summed E-state index contributed by atoms with van der Waals surface area (Å²) in [5, 5.41) is 2.44. The zero-order chi connectivity index (χ0) is 26.4. The summed E-state index contributed by atoms with van der Waals surface area (Å²) < 4.78 is 17.2. The first kappa shape index (κ1) is 25.8. The summed E-state index contributed by atoms with van der Waals surface area (Å²) in [6, 6.07) is 18.5. The van der Waals surface area contributed by atoms with E-state index in [0.29, 0.717) is 29.4 Å². The van der Waals surface area contributed by atoms with Gasteiger partial charge in [-0.05, 0) is 61.9 Å². The molecule has 0 aliphatic carbocycles. The van der Waals surface area contributed by atoms with E-state index in [9.17, 15) is 14.4 Å². The average molecular weight is 521 g/mol. The number of carbonyl (C=O) groups is 3. The molecule has 190 valence electrons. The summed E-state index contributed by atoms with van der Waals surface area (Å²) in [6.45, 7) is 4.53. The van der Waals surface area contributed by atoms with Crippen LogP contribution >= 0.6 is 11.6 Å². The molecular weight excluding hydrogens is 496 g/mol. The lowest BCUT2D eigenvalue weighted by Crippen LogP contribution is -2.54. The lowest BCUT2D eigenvalue weighted by molar-refractivity contribution is -0.122. The molecule has 0 aromatic heterocycles. The highest BCUT2D eigenvalue weighted by Crippen LogP contribution is 2.37. The number of anilines is 1. The third-order valence-electron chi connectivity index (χ3n) is 5.38. The van der Waals surface area contributed by atoms with Crippen molar-refractivity contribution in [3.05, 3.63) is 88.5 Å². The van der Waals surface area contributed by atoms with Crippen LogP contribution in [0.3, 0.4) is 0 Å². The molecule has 4 amide bonds. The van der Waals surface area contributed by atoms with Crippen molar-refractivity contribution in [3.8, 4) is 17.2 Å². The monoisotopic (exact) mass is 520 g/mol. The zero-order valence-electron chi connectivity index (χ0n) is 20.3. The van der Waals surface area contributed by atoms with E-state index in [-0.39, 0.29) is 23.8 Å². The fraction of sp³-hybridized carbons (Fsp3) is 0.179. The zero-order valence-corrected chi connectivity index (χ0v) is 21.1. The van der Waals surface area contributed by atoms with Crippen molar-refractivity contribution in [1.29, 1.82) is 0 Å². The number of halogens is 1. The molecule has 0 unspecified atom stereocenters. The number of hydrogen-bond donors (Lipinski definition) is 1. The molecule has 1 heterocycles. The number of ether oxygens (including phenoxy) is 3. The molecule has 37 heavy (non-hydrogen) atoms. The summed E-state index contributed by atoms with van der Waals surface area (Å²) in [6.07, 6.45) is 1.36. The van der Waals surface area contributed by atoms with Gasteiger partial charge in [-0.15, -0.1) is 0 Å². The Kier molecular flexibility index (Phi) is 8.10. The van der Waals surface area contributed by atoms with Gasteiger partial charge in [-0.3, -0.25) is 14.9 Å². The van der Waals surface area contributed by atoms with E-state index in [4.69, 9.17) is 25.8 Å². The van der Waals surface area contributed by atoms with Crippen LogP contribution in [0.1, 0.15) is 18.1 Å². The minimum atomic E-state index is -0.814. The van der Waals surface area contributed by atoms with Gasteiger partial charge in [-0.25, -0.2) is 9.69 Å². The fourth-order valence-corrected chi connectivity index (χ4v) is 3.92. The maximum absolute atomic E-state index is 13.2. The molecule has 0 bridgehead atoms. The number of nitrogens with one attached hydrogen (secondary N) is 1. The Morgan fingerprint density at radius 2 is 1.62 bits per heavy atom. The van der Waals surface area contributed by atoms with Gasteiger partial charge in [-0.2, -0.15) is 0 Å². The van der Waals surface area contributed by atoms with Crippen molar-refractivity contribution >= 4 is 41.2 Å². The molecule has 0 spiro atoms. The second kappa shape index (κ2) is 11.6. The van der Waals surface area contributed by atoms with Crippen LogP contribution in [0, 0.1) is 6.92 Å². The lowest BCUT2D eigenvalue weighted by atomic mass is 10.1. The number of imide groups is 2. The SMILES string of the molecule is CCOc1cc(C=C2C(=O)NC(=O)N(c3ccc(C)cc3)C2=O)cc(Cl)c1OCCOc1ccccc1. The minimum Gasteiger partial charge on any atom is -0.490 e. The Morgan fingerprint density at radius 3 is 2.32 bits per heavy atom. The molecule has 8 nitrogen and oxygen atoms in total. The maximum Gasteiger partial charge on any atom is 0.335 e. The van der Waals surface area contributed by atoms with Crippen LogP contribution in [0.25, 0.3) is 6.08 Å². The Morgan fingerprint density at radius 1 is 0.919 bits per heavy atom. The van der Waals surface area contributed by atoms with Gasteiger partial charge in [0.2, 0.25) is 0 Å². The smallest absolute Gasteiger partial charge is 0.335 e. The largest absolute Gasteiger partial charge is 0.490 e. The van der Waals surface area contributed by atoms with Gasteiger partial charge in [-0.1, -0.05) is 47.5 Å². The van der Waals surface area contributed by atoms with E-state index in [1.165, 1.54) is 6.08 Å². The van der Waals surface area contributed by atoms with Crippen molar-refractivity contribution in [2.75, 3.05) is 24.7 Å². The first-order chi connectivity index (χ1) is 17.9. The number of aryl methyl sites for hydroxylation is 1. The van der Waals surface area contributed by atoms with Gasteiger partial charge < -0.3 is 14.2 Å². The standard InChI is InChI=1S/C28H25ClN2O6/c1-3-35-24-17-19(16-23(29)25(24)37-14-13-36-21-7-5-4-6-8-21)15-22-26(32)30-28(34)31(27(22)33)20-11-9-18(2)10-12-20/h4-12,15-17H,3,13-14H2,1-2H3,(H,30,32,34). The topological polar surface area (TPSA) is 94.2 Å². The lowest BCUT2D eigenvalue weighted by Gasteiger charge is -2.26. The van der Waals surface area contributed by atoms with E-state index in [2.05, 4.69) is 5.32 Å². The number of hydrogen-bond acceptors (Lipinski definition) is 6. The Balaban J connectivity index is 1.56. The predicted octanol–water partition coefficient (Wildman–Crippen LogP) is 5.17. The van der Waals surface area contributed by atoms with Crippen LogP contribution in [0.5, 0.6) is 17.2 Å².